The highest BCUT2D eigenvalue weighted by Crippen LogP contribution is 2.41. The molecule has 1 aliphatic carbocycles. The van der Waals surface area contributed by atoms with Crippen LogP contribution in [-0.4, -0.2) is 87.6 Å². The van der Waals surface area contributed by atoms with E-state index in [9.17, 15) is 14.4 Å². The van der Waals surface area contributed by atoms with Crippen molar-refractivity contribution in [2.24, 2.45) is 16.3 Å². The molecule has 18 heteroatoms. The number of thiophene rings is 1. The number of aryl methyl sites for hydroxylation is 3. The van der Waals surface area contributed by atoms with Gasteiger partial charge in [0.25, 0.3) is 0 Å². The first-order valence-corrected chi connectivity index (χ1v) is 26.9. The van der Waals surface area contributed by atoms with E-state index >= 15 is 0 Å². The van der Waals surface area contributed by atoms with Crippen molar-refractivity contribution in [3.63, 3.8) is 0 Å². The highest BCUT2D eigenvalue weighted by molar-refractivity contribution is 7.15. The lowest BCUT2D eigenvalue weighted by Crippen LogP contribution is -2.50. The minimum atomic E-state index is -0.675. The van der Waals surface area contributed by atoms with Gasteiger partial charge in [-0.2, -0.15) is 5.10 Å². The lowest BCUT2D eigenvalue weighted by Gasteiger charge is -2.35. The number of amides is 3. The maximum absolute atomic E-state index is 14.7. The second-order valence-corrected chi connectivity index (χ2v) is 23.4. The third-order valence-electron chi connectivity index (χ3n) is 14.3. The summed E-state index contributed by atoms with van der Waals surface area (Å²) in [6.07, 6.45) is 7.11. The predicted octanol–water partition coefficient (Wildman–Crippen LogP) is 10.3. The number of thiazole rings is 1. The van der Waals surface area contributed by atoms with Crippen molar-refractivity contribution in [3.8, 4) is 32.4 Å². The summed E-state index contributed by atoms with van der Waals surface area (Å²) in [5.74, 6) is 1.54. The molecule has 0 bridgehead atoms. The summed E-state index contributed by atoms with van der Waals surface area (Å²) in [7, 11) is 0. The number of hydrogen-bond acceptors (Lipinski definition) is 12. The van der Waals surface area contributed by atoms with Gasteiger partial charge in [-0.25, -0.2) is 9.97 Å². The number of likely N-dealkylation sites (tertiary alicyclic amines) is 1. The minimum absolute atomic E-state index is 0.0772. The van der Waals surface area contributed by atoms with E-state index in [2.05, 4.69) is 63.7 Å². The number of rotatable bonds is 13. The number of fused-ring (bicyclic) bond motifs is 3. The van der Waals surface area contributed by atoms with Gasteiger partial charge in [0, 0.05) is 70.5 Å². The molecule has 5 aromatic heterocycles. The number of benzene rings is 2. The molecule has 2 aliphatic heterocycles. The zero-order valence-corrected chi connectivity index (χ0v) is 44.9. The van der Waals surface area contributed by atoms with Crippen molar-refractivity contribution >= 4 is 57.7 Å². The predicted molar refractivity (Wildman–Crippen MR) is 286 cm³/mol. The molecule has 2 N–H and O–H groups in total. The van der Waals surface area contributed by atoms with Gasteiger partial charge in [-0.3, -0.25) is 28.6 Å². The number of carbonyl (C=O) groups excluding carboxylic acids is 3. The van der Waals surface area contributed by atoms with Gasteiger partial charge in [0.15, 0.2) is 5.82 Å². The summed E-state index contributed by atoms with van der Waals surface area (Å²) in [4.78, 5) is 60.8. The van der Waals surface area contributed by atoms with Gasteiger partial charge in [-0.15, -0.1) is 32.9 Å². The Balaban J connectivity index is 0.772. The van der Waals surface area contributed by atoms with Crippen molar-refractivity contribution in [2.75, 3.05) is 6.54 Å². The average Bonchev–Trinajstić information content (AvgIpc) is 4.19. The number of nitrogens with zero attached hydrogens (tertiary/aromatic N) is 9. The van der Waals surface area contributed by atoms with Crippen LogP contribution in [0.4, 0.5) is 0 Å². The largest absolute Gasteiger partial charge is 0.474 e. The number of pyridine rings is 1. The Labute approximate surface area is 438 Å². The van der Waals surface area contributed by atoms with Crippen LogP contribution in [0.15, 0.2) is 89.8 Å². The Morgan fingerprint density at radius 3 is 2.37 bits per heavy atom. The van der Waals surface area contributed by atoms with Crippen LogP contribution in [0.5, 0.6) is 5.88 Å². The van der Waals surface area contributed by atoms with E-state index in [0.717, 1.165) is 66.1 Å². The maximum Gasteiger partial charge on any atom is 0.248 e. The normalized spacial score (nSPS) is 20.3. The average molecular weight is 1040 g/mol. The van der Waals surface area contributed by atoms with Crippen LogP contribution in [0.1, 0.15) is 123 Å². The number of ether oxygens (including phenoxy) is 1. The molecule has 7 heterocycles. The number of nitrogens with one attached hydrogen (secondary N) is 2. The van der Waals surface area contributed by atoms with Crippen molar-refractivity contribution in [2.45, 2.75) is 124 Å². The Hall–Kier alpha value is -6.56. The number of hydrogen-bond donors (Lipinski definition) is 2. The van der Waals surface area contributed by atoms with E-state index in [0.29, 0.717) is 42.5 Å². The van der Waals surface area contributed by atoms with E-state index in [1.54, 1.807) is 44.6 Å². The Morgan fingerprint density at radius 1 is 0.918 bits per heavy atom. The molecule has 1 saturated heterocycles. The molecule has 73 heavy (non-hydrogen) atoms. The number of aliphatic imine (C=N–C) groups is 1. The molecule has 0 spiro atoms. The van der Waals surface area contributed by atoms with Crippen molar-refractivity contribution < 1.29 is 19.1 Å². The smallest absolute Gasteiger partial charge is 0.248 e. The first kappa shape index (κ1) is 50.0. The summed E-state index contributed by atoms with van der Waals surface area (Å²) in [5.41, 5.74) is 9.89. The summed E-state index contributed by atoms with van der Waals surface area (Å²) >= 11 is 9.58. The molecule has 10 rings (SSSR count). The minimum Gasteiger partial charge on any atom is -0.474 e. The Morgan fingerprint density at radius 2 is 1.66 bits per heavy atom. The second kappa shape index (κ2) is 20.0. The number of carbonyl (C=O) groups is 3. The first-order valence-electron chi connectivity index (χ1n) is 24.8. The first-order chi connectivity index (χ1) is 34.9. The molecule has 2 fully saturated rings. The molecule has 0 unspecified atom stereocenters. The molecule has 7 aromatic rings. The molecule has 5 atom stereocenters. The molecule has 3 aliphatic rings. The zero-order chi connectivity index (χ0) is 51.5. The van der Waals surface area contributed by atoms with Crippen molar-refractivity contribution in [3.05, 3.63) is 134 Å². The maximum atomic E-state index is 14.7. The van der Waals surface area contributed by atoms with Crippen molar-refractivity contribution in [1.82, 2.24) is 50.0 Å². The van der Waals surface area contributed by atoms with Gasteiger partial charge in [0.05, 0.1) is 40.5 Å². The molecular formula is C55H60ClN11O4S2. The van der Waals surface area contributed by atoms with Crippen LogP contribution in [0, 0.1) is 39.0 Å². The summed E-state index contributed by atoms with van der Waals surface area (Å²) in [6.45, 7) is 18.7. The topological polar surface area (TPSA) is 174 Å². The number of aromatic nitrogens is 7. The summed E-state index contributed by atoms with van der Waals surface area (Å²) < 4.78 is 10.1. The van der Waals surface area contributed by atoms with E-state index in [-0.39, 0.29) is 48.2 Å². The van der Waals surface area contributed by atoms with Crippen LogP contribution in [0.3, 0.4) is 0 Å². The third-order valence-corrected chi connectivity index (χ3v) is 16.8. The molecular weight excluding hydrogens is 978 g/mol. The van der Waals surface area contributed by atoms with Crippen LogP contribution in [0.25, 0.3) is 26.6 Å². The number of halogens is 1. The van der Waals surface area contributed by atoms with E-state index in [1.807, 2.05) is 106 Å². The molecule has 15 nitrogen and oxygen atoms in total. The molecule has 3 amide bonds. The van der Waals surface area contributed by atoms with Gasteiger partial charge in [-0.1, -0.05) is 75.7 Å². The van der Waals surface area contributed by atoms with Crippen LogP contribution in [-0.2, 0) is 14.4 Å². The van der Waals surface area contributed by atoms with Gasteiger partial charge in [0.2, 0.25) is 23.6 Å². The van der Waals surface area contributed by atoms with Crippen LogP contribution >= 0.6 is 34.3 Å². The third kappa shape index (κ3) is 10.1. The summed E-state index contributed by atoms with van der Waals surface area (Å²) in [5, 5.41) is 21.8. The standard InChI is InChI=1S/C55H60ClN11O4S2/c1-29-20-44(52(69)60-31(3)35-10-12-37(13-11-35)49-32(4)58-28-72-49)65(26-29)53(70)50(55(7,8)9)66-27-39(25-59-66)38-18-19-57-46(21-38)71-42-22-41(23-42)61-45(68)24-43-51-64-63-34(6)67(51)54-47(30(2)33(5)73-54)48(62-43)36-14-16-40(56)17-15-36/h10-19,21,25,27-29,31,41-44,50H,20,22-24,26H2,1-9H3,(H,60,69)(H,61,68)/t29-,31+,41-,42+,43+,44+,50+/m1/s1. The lowest BCUT2D eigenvalue weighted by atomic mass is 9.85. The SMILES string of the molecule is Cc1ncsc1-c1ccc([C@H](C)NC(=O)[C@@H]2C[C@@H](C)CN2C(=O)[C@H](n2cc(-c3ccnc(O[C@H]4C[C@@H](NC(=O)C[C@@H]5N=C(c6ccc(Cl)cc6)c6c(sc(C)c6C)-n6c(C)nnc65)C4)c3)cn2)C(C)(C)C)cc1. The fourth-order valence-corrected chi connectivity index (χ4v) is 12.4. The lowest BCUT2D eigenvalue weighted by molar-refractivity contribution is -0.144. The molecule has 0 radical (unpaired) electrons. The quantitative estimate of drug-likeness (QED) is 0.114. The van der Waals surface area contributed by atoms with Gasteiger partial charge >= 0.3 is 0 Å². The van der Waals surface area contributed by atoms with E-state index in [1.165, 1.54) is 4.88 Å². The molecule has 2 aromatic carbocycles. The Kier molecular flexibility index (Phi) is 13.7. The van der Waals surface area contributed by atoms with E-state index in [4.69, 9.17) is 26.4 Å². The van der Waals surface area contributed by atoms with Crippen LogP contribution < -0.4 is 15.4 Å². The zero-order valence-electron chi connectivity index (χ0n) is 42.5. The Bertz CT molecular complexity index is 3240. The molecule has 378 valence electrons. The summed E-state index contributed by atoms with van der Waals surface area (Å²) in [6, 6.07) is 17.5. The van der Waals surface area contributed by atoms with Crippen LogP contribution in [0.2, 0.25) is 5.02 Å². The van der Waals surface area contributed by atoms with Gasteiger partial charge in [-0.05, 0) is 92.8 Å². The van der Waals surface area contributed by atoms with Crippen molar-refractivity contribution in [1.29, 1.82) is 0 Å². The fourth-order valence-electron chi connectivity index (χ4n) is 10.3. The second-order valence-electron chi connectivity index (χ2n) is 20.9. The van der Waals surface area contributed by atoms with Gasteiger partial charge < -0.3 is 20.3 Å². The van der Waals surface area contributed by atoms with E-state index < -0.39 is 23.5 Å². The van der Waals surface area contributed by atoms with Gasteiger partial charge in [0.1, 0.15) is 35.1 Å². The monoisotopic (exact) mass is 1040 g/mol. The molecule has 1 saturated carbocycles. The fraction of sp³-hybridized carbons (Fsp3) is 0.400. The highest BCUT2D eigenvalue weighted by Gasteiger charge is 2.45. The highest BCUT2D eigenvalue weighted by atomic mass is 35.5.